The third kappa shape index (κ3) is 3.73. The van der Waals surface area contributed by atoms with E-state index in [1.165, 1.54) is 70.8 Å². The van der Waals surface area contributed by atoms with Crippen molar-refractivity contribution in [2.24, 2.45) is 0 Å². The molecule has 0 atom stereocenters. The zero-order valence-electron chi connectivity index (χ0n) is 27.3. The van der Waals surface area contributed by atoms with Crippen molar-refractivity contribution in [3.05, 3.63) is 181 Å². The van der Waals surface area contributed by atoms with Gasteiger partial charge >= 0.3 is 0 Å². The molecule has 1 aliphatic carbocycles. The molecule has 0 amide bonds. The SMILES string of the molecule is c1ccc(-c2ccc(-c3nc(-c4ccc5c(c4)-c4ccccc4[Si]54c5ccccc5-c5ccccc54)nc4c3Cc3ccccc3-4)cc2)cc1. The van der Waals surface area contributed by atoms with E-state index in [0.717, 1.165) is 34.8 Å². The van der Waals surface area contributed by atoms with Crippen LogP contribution in [-0.4, -0.2) is 18.0 Å². The Balaban J connectivity index is 1.12. The number of benzene rings is 7. The Kier molecular flexibility index (Phi) is 5.78. The number of rotatable bonds is 3. The van der Waals surface area contributed by atoms with Crippen LogP contribution >= 0.6 is 0 Å². The monoisotopic (exact) mass is 650 g/mol. The third-order valence-corrected chi connectivity index (χ3v) is 16.1. The van der Waals surface area contributed by atoms with Crippen molar-refractivity contribution in [3.8, 4) is 67.3 Å². The lowest BCUT2D eigenvalue weighted by atomic mass is 9.99. The average Bonchev–Trinajstić information content (AvgIpc) is 3.82. The lowest BCUT2D eigenvalue weighted by molar-refractivity contribution is 1.13. The molecule has 0 saturated heterocycles. The standard InChI is InChI=1S/C47H30N2Si/c1-2-12-30(13-3-1)31-22-24-32(25-23-31)45-40-28-33-14-4-5-15-35(33)46(40)49-47(48-45)34-26-27-44-39(29-34)38-18-8-11-21-43(38)50(44)41-19-9-6-16-36(41)37-17-7-10-20-42(37)50/h1-27,29H,28H2. The highest BCUT2D eigenvalue weighted by molar-refractivity contribution is 7.24. The molecule has 0 radical (unpaired) electrons. The number of aromatic nitrogens is 2. The molecule has 2 nitrogen and oxygen atoms in total. The summed E-state index contributed by atoms with van der Waals surface area (Å²) in [6, 6.07) is 62.6. The quantitative estimate of drug-likeness (QED) is 0.180. The summed E-state index contributed by atoms with van der Waals surface area (Å²) in [4.78, 5) is 10.8. The van der Waals surface area contributed by atoms with Gasteiger partial charge in [0, 0.05) is 28.7 Å². The first-order chi connectivity index (χ1) is 24.8. The molecule has 0 bridgehead atoms. The maximum Gasteiger partial charge on any atom is 0.182 e. The minimum absolute atomic E-state index is 0.776. The van der Waals surface area contributed by atoms with Gasteiger partial charge in [0.05, 0.1) is 11.4 Å². The Labute approximate surface area is 292 Å². The Bertz CT molecular complexity index is 2630. The van der Waals surface area contributed by atoms with Crippen LogP contribution in [0.15, 0.2) is 170 Å². The first-order valence-corrected chi connectivity index (χ1v) is 19.4. The molecule has 0 N–H and O–H groups in total. The van der Waals surface area contributed by atoms with Gasteiger partial charge in [-0.15, -0.1) is 0 Å². The summed E-state index contributed by atoms with van der Waals surface area (Å²) < 4.78 is 0. The fourth-order valence-corrected chi connectivity index (χ4v) is 14.6. The second-order valence-electron chi connectivity index (χ2n) is 13.6. The molecule has 3 heterocycles. The van der Waals surface area contributed by atoms with E-state index in [2.05, 4.69) is 170 Å². The smallest absolute Gasteiger partial charge is 0.182 e. The van der Waals surface area contributed by atoms with E-state index >= 15 is 0 Å². The van der Waals surface area contributed by atoms with Crippen LogP contribution < -0.4 is 20.7 Å². The van der Waals surface area contributed by atoms with Crippen molar-refractivity contribution < 1.29 is 0 Å². The van der Waals surface area contributed by atoms with Crippen LogP contribution in [0.3, 0.4) is 0 Å². The van der Waals surface area contributed by atoms with Crippen molar-refractivity contribution in [2.45, 2.75) is 6.42 Å². The van der Waals surface area contributed by atoms with E-state index in [-0.39, 0.29) is 0 Å². The molecule has 3 aliphatic rings. The third-order valence-electron chi connectivity index (χ3n) is 11.2. The van der Waals surface area contributed by atoms with Crippen LogP contribution in [0.4, 0.5) is 0 Å². The van der Waals surface area contributed by atoms with Gasteiger partial charge in [0.1, 0.15) is 0 Å². The molecule has 3 heteroatoms. The normalized spacial score (nSPS) is 13.7. The molecule has 0 saturated carbocycles. The Morgan fingerprint density at radius 2 is 0.840 bits per heavy atom. The summed E-state index contributed by atoms with van der Waals surface area (Å²) >= 11 is 0. The minimum atomic E-state index is -2.48. The van der Waals surface area contributed by atoms with Gasteiger partial charge in [-0.3, -0.25) is 0 Å². The fraction of sp³-hybridized carbons (Fsp3) is 0.0213. The first kappa shape index (κ1) is 27.8. The molecule has 8 aromatic rings. The predicted octanol–water partition coefficient (Wildman–Crippen LogP) is 8.39. The van der Waals surface area contributed by atoms with Crippen molar-refractivity contribution in [3.63, 3.8) is 0 Å². The molecule has 0 fully saturated rings. The van der Waals surface area contributed by atoms with Gasteiger partial charge < -0.3 is 0 Å². The number of hydrogen-bond donors (Lipinski definition) is 0. The van der Waals surface area contributed by atoms with Crippen molar-refractivity contribution in [1.29, 1.82) is 0 Å². The van der Waals surface area contributed by atoms with Gasteiger partial charge in [0.25, 0.3) is 0 Å². The van der Waals surface area contributed by atoms with E-state index in [1.807, 2.05) is 0 Å². The zero-order chi connectivity index (χ0) is 32.8. The molecule has 232 valence electrons. The topological polar surface area (TPSA) is 25.8 Å². The Morgan fingerprint density at radius 1 is 0.360 bits per heavy atom. The molecule has 7 aromatic carbocycles. The van der Waals surface area contributed by atoms with E-state index in [4.69, 9.17) is 9.97 Å². The lowest BCUT2D eigenvalue weighted by Crippen LogP contribution is -2.70. The van der Waals surface area contributed by atoms with Crippen molar-refractivity contribution in [1.82, 2.24) is 9.97 Å². The fourth-order valence-electron chi connectivity index (χ4n) is 9.03. The van der Waals surface area contributed by atoms with Gasteiger partial charge in [0.2, 0.25) is 0 Å². The van der Waals surface area contributed by atoms with Crippen LogP contribution in [0.25, 0.3) is 67.3 Å². The highest BCUT2D eigenvalue weighted by atomic mass is 28.3. The zero-order valence-corrected chi connectivity index (χ0v) is 28.3. The lowest BCUT2D eigenvalue weighted by Gasteiger charge is -2.27. The summed E-state index contributed by atoms with van der Waals surface area (Å²) in [7, 11) is -2.48. The molecule has 11 rings (SSSR count). The van der Waals surface area contributed by atoms with Crippen LogP contribution in [0.5, 0.6) is 0 Å². The van der Waals surface area contributed by atoms with Gasteiger partial charge in [-0.25, -0.2) is 9.97 Å². The summed E-state index contributed by atoms with van der Waals surface area (Å²) in [6.07, 6.45) is 0.839. The summed E-state index contributed by atoms with van der Waals surface area (Å²) in [5, 5.41) is 5.93. The van der Waals surface area contributed by atoms with Crippen LogP contribution in [0, 0.1) is 0 Å². The van der Waals surface area contributed by atoms with Gasteiger partial charge in [0.15, 0.2) is 13.9 Å². The number of hydrogen-bond acceptors (Lipinski definition) is 2. The summed E-state index contributed by atoms with van der Waals surface area (Å²) in [5.74, 6) is 0.776. The highest BCUT2D eigenvalue weighted by Gasteiger charge is 2.53. The summed E-state index contributed by atoms with van der Waals surface area (Å²) in [5.41, 5.74) is 15.8. The molecular weight excluding hydrogens is 621 g/mol. The molecule has 1 spiro atoms. The number of fused-ring (bicyclic) bond motifs is 13. The average molecular weight is 651 g/mol. The maximum absolute atomic E-state index is 5.41. The van der Waals surface area contributed by atoms with E-state index in [9.17, 15) is 0 Å². The van der Waals surface area contributed by atoms with Crippen molar-refractivity contribution in [2.75, 3.05) is 0 Å². The molecule has 50 heavy (non-hydrogen) atoms. The number of nitrogens with zero attached hydrogens (tertiary/aromatic N) is 2. The maximum atomic E-state index is 5.41. The van der Waals surface area contributed by atoms with Gasteiger partial charge in [-0.05, 0) is 65.8 Å². The Hall–Kier alpha value is -6.16. The first-order valence-electron chi connectivity index (χ1n) is 17.4. The molecule has 1 aromatic heterocycles. The van der Waals surface area contributed by atoms with Crippen LogP contribution in [0.2, 0.25) is 0 Å². The largest absolute Gasteiger partial charge is 0.228 e. The molecule has 2 aliphatic heterocycles. The predicted molar refractivity (Wildman–Crippen MR) is 208 cm³/mol. The van der Waals surface area contributed by atoms with E-state index < -0.39 is 8.07 Å². The minimum Gasteiger partial charge on any atom is -0.228 e. The van der Waals surface area contributed by atoms with E-state index in [1.54, 1.807) is 0 Å². The van der Waals surface area contributed by atoms with Gasteiger partial charge in [-0.1, -0.05) is 164 Å². The summed E-state index contributed by atoms with van der Waals surface area (Å²) in [6.45, 7) is 0. The second-order valence-corrected chi connectivity index (χ2v) is 17.3. The highest BCUT2D eigenvalue weighted by Crippen LogP contribution is 2.42. The second kappa shape index (κ2) is 10.4. The molecule has 0 unspecified atom stereocenters. The Morgan fingerprint density at radius 3 is 1.52 bits per heavy atom. The van der Waals surface area contributed by atoms with Crippen LogP contribution in [-0.2, 0) is 6.42 Å². The van der Waals surface area contributed by atoms with Crippen molar-refractivity contribution >= 4 is 28.8 Å². The van der Waals surface area contributed by atoms with Gasteiger partial charge in [-0.2, -0.15) is 0 Å². The van der Waals surface area contributed by atoms with E-state index in [0.29, 0.717) is 0 Å². The van der Waals surface area contributed by atoms with Crippen LogP contribution in [0.1, 0.15) is 11.1 Å². The molecular formula is C47H30N2Si.